The van der Waals surface area contributed by atoms with E-state index >= 15 is 0 Å². The Kier molecular flexibility index (Phi) is 22.8. The number of aliphatic hydroxyl groups is 9. The molecule has 47 heavy (non-hydrogen) atoms. The van der Waals surface area contributed by atoms with E-state index in [1.807, 2.05) is 4.90 Å². The van der Waals surface area contributed by atoms with Gasteiger partial charge in [0.05, 0.1) is 13.2 Å². The molecule has 10 atom stereocenters. The van der Waals surface area contributed by atoms with Gasteiger partial charge in [-0.15, -0.1) is 0 Å². The Morgan fingerprint density at radius 3 is 1.09 bits per heavy atom. The van der Waals surface area contributed by atoms with E-state index in [0.29, 0.717) is 13.1 Å². The van der Waals surface area contributed by atoms with Gasteiger partial charge in [0.1, 0.15) is 55.1 Å². The molecule has 280 valence electrons. The zero-order valence-electron chi connectivity index (χ0n) is 27.3. The molecule has 0 aromatic heterocycles. The third-order valence-electron chi connectivity index (χ3n) is 8.12. The summed E-state index contributed by atoms with van der Waals surface area (Å²) < 4.78 is 10.2. The molecule has 19 heteroatoms. The number of ether oxygens (including phenoxy) is 2. The van der Waals surface area contributed by atoms with Crippen LogP contribution in [0.4, 0.5) is 0 Å². The van der Waals surface area contributed by atoms with Gasteiger partial charge in [0, 0.05) is 105 Å². The van der Waals surface area contributed by atoms with Gasteiger partial charge in [-0.2, -0.15) is 0 Å². The molecule has 16 N–H and O–H groups in total. The molecule has 19 nitrogen and oxygen atoms in total. The molecule has 0 radical (unpaired) electrons. The molecule has 0 aliphatic carbocycles. The Hall–Kier alpha value is -0.760. The van der Waals surface area contributed by atoms with Crippen LogP contribution in [-0.4, -0.2) is 230 Å². The fourth-order valence-electron chi connectivity index (χ4n) is 5.21. The van der Waals surface area contributed by atoms with Crippen LogP contribution in [0.25, 0.3) is 0 Å². The molecule has 0 aromatic rings. The zero-order valence-corrected chi connectivity index (χ0v) is 27.3. The smallest absolute Gasteiger partial charge is 0.184 e. The Morgan fingerprint density at radius 2 is 0.723 bits per heavy atom. The number of rotatable bonds is 3. The quantitative estimate of drug-likeness (QED) is 0.131. The topological polar surface area (TPSA) is 288 Å². The first-order chi connectivity index (χ1) is 22.7. The van der Waals surface area contributed by atoms with Crippen molar-refractivity contribution >= 4 is 0 Å². The van der Waals surface area contributed by atoms with E-state index in [-0.39, 0.29) is 0 Å². The summed E-state index contributed by atoms with van der Waals surface area (Å²) in [4.78, 5) is 1.93. The van der Waals surface area contributed by atoms with E-state index < -0.39 is 74.6 Å². The van der Waals surface area contributed by atoms with Crippen molar-refractivity contribution in [3.63, 3.8) is 0 Å². The maximum Gasteiger partial charge on any atom is 0.184 e. The molecule has 0 spiro atoms. The van der Waals surface area contributed by atoms with Crippen LogP contribution in [-0.2, 0) is 9.47 Å². The van der Waals surface area contributed by atoms with Crippen LogP contribution in [0, 0.1) is 0 Å². The summed E-state index contributed by atoms with van der Waals surface area (Å²) in [6, 6.07) is 0. The minimum absolute atomic E-state index is 0.405. The lowest BCUT2D eigenvalue weighted by Gasteiger charge is -2.44. The third kappa shape index (κ3) is 15.8. The van der Waals surface area contributed by atoms with Gasteiger partial charge < -0.3 is 92.6 Å². The number of nitrogens with zero attached hydrogens (tertiary/aromatic N) is 1. The highest BCUT2D eigenvalue weighted by Crippen LogP contribution is 2.23. The van der Waals surface area contributed by atoms with Crippen LogP contribution in [0.2, 0.25) is 0 Å². The zero-order chi connectivity index (χ0) is 34.4. The average Bonchev–Trinajstić information content (AvgIpc) is 3.06. The predicted molar refractivity (Wildman–Crippen MR) is 171 cm³/mol. The Morgan fingerprint density at radius 1 is 0.404 bits per heavy atom. The van der Waals surface area contributed by atoms with E-state index in [4.69, 9.17) is 30.3 Å². The van der Waals surface area contributed by atoms with Gasteiger partial charge in [-0.05, 0) is 0 Å². The molecular weight excluding hydrogens is 624 g/mol. The lowest BCUT2D eigenvalue weighted by atomic mass is 9.97. The fourth-order valence-corrected chi connectivity index (χ4v) is 5.21. The van der Waals surface area contributed by atoms with Gasteiger partial charge in [0.2, 0.25) is 0 Å². The first-order valence-corrected chi connectivity index (χ1v) is 16.7. The number of hydrogen-bond donors (Lipinski definition) is 16. The minimum atomic E-state index is -1.57. The van der Waals surface area contributed by atoms with Gasteiger partial charge in [0.15, 0.2) is 6.29 Å². The van der Waals surface area contributed by atoms with Crippen LogP contribution in [0.3, 0.4) is 0 Å². The summed E-state index contributed by atoms with van der Waals surface area (Å²) in [5.74, 6) is 0. The van der Waals surface area contributed by atoms with Crippen molar-refractivity contribution in [3.8, 4) is 0 Å². The van der Waals surface area contributed by atoms with Crippen LogP contribution in [0.1, 0.15) is 0 Å². The predicted octanol–water partition coefficient (Wildman–Crippen LogP) is -8.99. The van der Waals surface area contributed by atoms with E-state index in [1.54, 1.807) is 0 Å². The second-order valence-corrected chi connectivity index (χ2v) is 11.7. The van der Waals surface area contributed by atoms with Gasteiger partial charge in [-0.3, -0.25) is 4.90 Å². The van der Waals surface area contributed by atoms with Crippen LogP contribution < -0.4 is 37.2 Å². The van der Waals surface area contributed by atoms with E-state index in [1.165, 1.54) is 0 Å². The maximum absolute atomic E-state index is 10.3. The molecule has 4 aliphatic rings. The second kappa shape index (κ2) is 25.2. The normalized spacial score (nSPS) is 38.0. The second-order valence-electron chi connectivity index (χ2n) is 11.7. The molecule has 0 aromatic carbocycles. The van der Waals surface area contributed by atoms with Gasteiger partial charge in [-0.1, -0.05) is 0 Å². The summed E-state index contributed by atoms with van der Waals surface area (Å²) in [5.41, 5.74) is 0. The number of nitrogens with one attached hydrogen (secondary N) is 7. The first kappa shape index (κ1) is 42.4. The lowest BCUT2D eigenvalue weighted by Crippen LogP contribution is -2.64. The highest BCUT2D eigenvalue weighted by Gasteiger charge is 2.45. The van der Waals surface area contributed by atoms with Crippen molar-refractivity contribution in [2.75, 3.05) is 118 Å². The van der Waals surface area contributed by atoms with Crippen molar-refractivity contribution in [1.29, 1.82) is 0 Å². The number of hydrogen-bond acceptors (Lipinski definition) is 19. The molecule has 0 saturated carbocycles. The van der Waals surface area contributed by atoms with Crippen molar-refractivity contribution in [1.82, 2.24) is 42.1 Å². The molecule has 4 fully saturated rings. The van der Waals surface area contributed by atoms with E-state index in [0.717, 1.165) is 91.6 Å². The van der Waals surface area contributed by atoms with Crippen molar-refractivity contribution in [3.05, 3.63) is 0 Å². The summed E-state index contributed by atoms with van der Waals surface area (Å²) in [5, 5.41) is 107. The van der Waals surface area contributed by atoms with Gasteiger partial charge >= 0.3 is 0 Å². The Bertz CT molecular complexity index is 711. The minimum Gasteiger partial charge on any atom is -0.394 e. The van der Waals surface area contributed by atoms with Crippen LogP contribution in [0.15, 0.2) is 0 Å². The molecule has 0 amide bonds. The summed E-state index contributed by atoms with van der Waals surface area (Å²) in [6.07, 6.45) is -12.5. The van der Waals surface area contributed by atoms with Crippen molar-refractivity contribution in [2.24, 2.45) is 0 Å². The first-order valence-electron chi connectivity index (χ1n) is 16.7. The lowest BCUT2D eigenvalue weighted by molar-refractivity contribution is -0.286. The highest BCUT2D eigenvalue weighted by molar-refractivity contribution is 4.92. The average molecular weight is 687 g/mol. The molecule has 4 rings (SSSR count). The molecule has 4 saturated heterocycles. The Labute approximate surface area is 277 Å². The van der Waals surface area contributed by atoms with E-state index in [9.17, 15) is 20.4 Å². The summed E-state index contributed by atoms with van der Waals surface area (Å²) in [6.45, 7) is 13.8. The standard InChI is InChI=1S/C14H30N4O5.C8H20N4.C6H12O6/c19-9-10-11(20)12(21)13(22)14(23-10)18-7-5-16-3-1-15-2-4-17-6-8-18;1-2-10-5-6-12-8-7-11-4-3-9-1;7-1-2-3(8)4(9)5(10)6(11)12-2/h10-17,19-22H,1-9H2;9-12H,1-8H2;2-11H,1H2/t10?,11-,12+,13?,14-;;2?,3-,4+,5?,6?/m1.1/s1. The third-order valence-corrected chi connectivity index (χ3v) is 8.12. The monoisotopic (exact) mass is 686 g/mol. The largest absolute Gasteiger partial charge is 0.394 e. The summed E-state index contributed by atoms with van der Waals surface area (Å²) >= 11 is 0. The number of aliphatic hydroxyl groups excluding tert-OH is 9. The van der Waals surface area contributed by atoms with E-state index in [2.05, 4.69) is 42.0 Å². The van der Waals surface area contributed by atoms with Gasteiger partial charge in [-0.25, -0.2) is 0 Å². The van der Waals surface area contributed by atoms with Crippen molar-refractivity contribution < 1.29 is 55.4 Å². The molecule has 0 bridgehead atoms. The maximum atomic E-state index is 10.3. The molecular formula is C28H62N8O11. The SMILES string of the molecule is C1CNCCNCCNCCN1.OCC1OC(O)C(O)[C@@H](O)[C@@H]1O.OCC1O[C@@H](N2CCNCCNCCNCC2)C(O)[C@@H](O)[C@@H]1O. The van der Waals surface area contributed by atoms with Crippen LogP contribution >= 0.6 is 0 Å². The summed E-state index contributed by atoms with van der Waals surface area (Å²) in [7, 11) is 0. The highest BCUT2D eigenvalue weighted by atomic mass is 16.6. The molecule has 4 heterocycles. The molecule has 4 aliphatic heterocycles. The Balaban J connectivity index is 0.000000270. The molecule has 5 unspecified atom stereocenters. The van der Waals surface area contributed by atoms with Crippen molar-refractivity contribution in [2.45, 2.75) is 61.3 Å². The van der Waals surface area contributed by atoms with Gasteiger partial charge in [0.25, 0.3) is 0 Å². The van der Waals surface area contributed by atoms with Crippen LogP contribution in [0.5, 0.6) is 0 Å². The fraction of sp³-hybridized carbons (Fsp3) is 1.00.